The summed E-state index contributed by atoms with van der Waals surface area (Å²) in [6.45, 7) is 2.51. The van der Waals surface area contributed by atoms with Gasteiger partial charge in [-0.2, -0.15) is 0 Å². The van der Waals surface area contributed by atoms with E-state index in [0.29, 0.717) is 6.54 Å². The third-order valence-corrected chi connectivity index (χ3v) is 3.07. The summed E-state index contributed by atoms with van der Waals surface area (Å²) in [6, 6.07) is 9.84. The quantitative estimate of drug-likeness (QED) is 0.720. The number of nitrogens with zero attached hydrogens (tertiary/aromatic N) is 2. The van der Waals surface area contributed by atoms with Crippen LogP contribution in [-0.4, -0.2) is 15.0 Å². The van der Waals surface area contributed by atoms with Gasteiger partial charge in [0.15, 0.2) is 0 Å². The fraction of sp³-hybridized carbons (Fsp3) is 0.143. The lowest BCUT2D eigenvalue weighted by atomic mass is 10.2. The normalized spacial score (nSPS) is 11.0. The van der Waals surface area contributed by atoms with E-state index in [4.69, 9.17) is 5.73 Å². The average Bonchev–Trinajstić information content (AvgIpc) is 2.77. The van der Waals surface area contributed by atoms with Crippen molar-refractivity contribution in [3.05, 3.63) is 47.8 Å². The summed E-state index contributed by atoms with van der Waals surface area (Å²) in [5, 5.41) is 0. The van der Waals surface area contributed by atoms with Crippen LogP contribution in [0.5, 0.6) is 0 Å². The Labute approximate surface area is 105 Å². The molecule has 3 aromatic heterocycles. The van der Waals surface area contributed by atoms with Crippen molar-refractivity contribution < 1.29 is 0 Å². The van der Waals surface area contributed by atoms with Crippen molar-refractivity contribution in [3.63, 3.8) is 0 Å². The fourth-order valence-corrected chi connectivity index (χ4v) is 2.11. The maximum absolute atomic E-state index is 5.62. The molecule has 0 saturated carbocycles. The highest BCUT2D eigenvalue weighted by Crippen LogP contribution is 2.27. The van der Waals surface area contributed by atoms with Crippen LogP contribution in [-0.2, 0) is 6.54 Å². The number of rotatable bonds is 2. The molecule has 0 spiro atoms. The first-order valence-electron chi connectivity index (χ1n) is 5.89. The second kappa shape index (κ2) is 4.23. The second-order valence-electron chi connectivity index (χ2n) is 4.24. The topological polar surface area (TPSA) is 67.6 Å². The van der Waals surface area contributed by atoms with Gasteiger partial charge in [-0.3, -0.25) is 4.98 Å². The molecule has 0 aromatic carbocycles. The van der Waals surface area contributed by atoms with E-state index in [1.165, 1.54) is 0 Å². The molecule has 0 radical (unpaired) electrons. The van der Waals surface area contributed by atoms with Gasteiger partial charge in [-0.1, -0.05) is 6.07 Å². The predicted molar refractivity (Wildman–Crippen MR) is 72.0 cm³/mol. The van der Waals surface area contributed by atoms with Crippen molar-refractivity contribution >= 4 is 11.0 Å². The van der Waals surface area contributed by atoms with Gasteiger partial charge in [0.25, 0.3) is 0 Å². The first kappa shape index (κ1) is 10.9. The summed E-state index contributed by atoms with van der Waals surface area (Å²) in [5.74, 6) is 0. The molecule has 0 aliphatic heterocycles. The number of H-pyrrole nitrogens is 1. The summed E-state index contributed by atoms with van der Waals surface area (Å²) in [7, 11) is 0. The minimum atomic E-state index is 0.458. The van der Waals surface area contributed by atoms with E-state index in [1.807, 2.05) is 30.3 Å². The van der Waals surface area contributed by atoms with E-state index in [-0.39, 0.29) is 0 Å². The van der Waals surface area contributed by atoms with E-state index >= 15 is 0 Å². The lowest BCUT2D eigenvalue weighted by Gasteiger charge is -1.98. The monoisotopic (exact) mass is 238 g/mol. The number of nitrogens with two attached hydrogens (primary N) is 1. The molecule has 3 rings (SSSR count). The highest BCUT2D eigenvalue weighted by molar-refractivity contribution is 5.86. The van der Waals surface area contributed by atoms with Crippen LogP contribution < -0.4 is 5.73 Å². The predicted octanol–water partition coefficient (Wildman–Crippen LogP) is 2.39. The first-order valence-corrected chi connectivity index (χ1v) is 5.89. The van der Waals surface area contributed by atoms with Gasteiger partial charge < -0.3 is 10.7 Å². The van der Waals surface area contributed by atoms with Crippen LogP contribution in [0.25, 0.3) is 22.4 Å². The Balaban J connectivity index is 2.23. The first-order chi connectivity index (χ1) is 8.79. The molecule has 0 aliphatic carbocycles. The molecule has 0 aliphatic rings. The van der Waals surface area contributed by atoms with Crippen LogP contribution in [0.15, 0.2) is 36.5 Å². The van der Waals surface area contributed by atoms with E-state index < -0.39 is 0 Å². The Bertz CT molecular complexity index is 686. The molecule has 4 heteroatoms. The van der Waals surface area contributed by atoms with Gasteiger partial charge in [-0.25, -0.2) is 4.98 Å². The molecule has 0 saturated heterocycles. The molecular formula is C14H14N4. The molecular weight excluding hydrogens is 224 g/mol. The van der Waals surface area contributed by atoms with Gasteiger partial charge in [0.05, 0.1) is 28.1 Å². The summed E-state index contributed by atoms with van der Waals surface area (Å²) in [4.78, 5) is 12.3. The van der Waals surface area contributed by atoms with Gasteiger partial charge in [-0.05, 0) is 31.2 Å². The van der Waals surface area contributed by atoms with E-state index in [9.17, 15) is 0 Å². The minimum Gasteiger partial charge on any atom is -0.352 e. The zero-order valence-corrected chi connectivity index (χ0v) is 10.1. The number of nitrogens with one attached hydrogen (secondary N) is 1. The Morgan fingerprint density at radius 2 is 2.11 bits per heavy atom. The summed E-state index contributed by atoms with van der Waals surface area (Å²) in [5.41, 5.74) is 11.6. The smallest absolute Gasteiger partial charge is 0.0918 e. The Kier molecular flexibility index (Phi) is 2.57. The lowest BCUT2D eigenvalue weighted by molar-refractivity contribution is 1.01. The highest BCUT2D eigenvalue weighted by Gasteiger charge is 2.11. The van der Waals surface area contributed by atoms with Crippen LogP contribution in [0.1, 0.15) is 11.3 Å². The number of aromatic nitrogens is 3. The van der Waals surface area contributed by atoms with Crippen LogP contribution in [0.2, 0.25) is 0 Å². The Morgan fingerprint density at radius 1 is 1.22 bits per heavy atom. The van der Waals surface area contributed by atoms with Crippen molar-refractivity contribution in [1.29, 1.82) is 0 Å². The second-order valence-corrected chi connectivity index (χ2v) is 4.24. The molecule has 0 atom stereocenters. The third-order valence-electron chi connectivity index (χ3n) is 3.07. The molecule has 90 valence electrons. The van der Waals surface area contributed by atoms with Crippen molar-refractivity contribution in [3.8, 4) is 11.4 Å². The molecule has 3 N–H and O–H groups in total. The molecule has 3 heterocycles. The molecule has 18 heavy (non-hydrogen) atoms. The molecule has 0 amide bonds. The highest BCUT2D eigenvalue weighted by atomic mass is 14.8. The summed E-state index contributed by atoms with van der Waals surface area (Å²) in [6.07, 6.45) is 1.79. The number of pyridine rings is 2. The van der Waals surface area contributed by atoms with Gasteiger partial charge in [0.2, 0.25) is 0 Å². The number of aromatic amines is 1. The Morgan fingerprint density at radius 3 is 2.83 bits per heavy atom. The van der Waals surface area contributed by atoms with Gasteiger partial charge in [0, 0.05) is 18.3 Å². The van der Waals surface area contributed by atoms with Crippen LogP contribution in [0, 0.1) is 6.92 Å². The fourth-order valence-electron chi connectivity index (χ4n) is 2.11. The summed E-state index contributed by atoms with van der Waals surface area (Å²) >= 11 is 0. The average molecular weight is 238 g/mol. The van der Waals surface area contributed by atoms with Crippen molar-refractivity contribution in [2.75, 3.05) is 0 Å². The van der Waals surface area contributed by atoms with E-state index in [1.54, 1.807) is 6.20 Å². The number of aryl methyl sites for hydroxylation is 1. The van der Waals surface area contributed by atoms with Crippen molar-refractivity contribution in [2.45, 2.75) is 13.5 Å². The van der Waals surface area contributed by atoms with Crippen LogP contribution in [0.4, 0.5) is 0 Å². The maximum atomic E-state index is 5.62. The van der Waals surface area contributed by atoms with E-state index in [2.05, 4.69) is 21.9 Å². The SMILES string of the molecule is Cc1c(-c2ccccn2)[nH]c2ccc(CN)nc12. The summed E-state index contributed by atoms with van der Waals surface area (Å²) < 4.78 is 0. The van der Waals surface area contributed by atoms with Crippen LogP contribution in [0.3, 0.4) is 0 Å². The molecule has 3 aromatic rings. The van der Waals surface area contributed by atoms with Gasteiger partial charge >= 0.3 is 0 Å². The number of hydrogen-bond acceptors (Lipinski definition) is 3. The standard InChI is InChI=1S/C14H14N4/c1-9-13(11-4-2-3-7-16-11)18-12-6-5-10(8-15)17-14(9)12/h2-7,18H,8,15H2,1H3. The number of hydrogen-bond donors (Lipinski definition) is 2. The molecule has 4 nitrogen and oxygen atoms in total. The zero-order valence-electron chi connectivity index (χ0n) is 10.1. The third kappa shape index (κ3) is 1.67. The lowest BCUT2D eigenvalue weighted by Crippen LogP contribution is -1.98. The minimum absolute atomic E-state index is 0.458. The van der Waals surface area contributed by atoms with Crippen LogP contribution >= 0.6 is 0 Å². The van der Waals surface area contributed by atoms with Gasteiger partial charge in [-0.15, -0.1) is 0 Å². The van der Waals surface area contributed by atoms with Crippen molar-refractivity contribution in [1.82, 2.24) is 15.0 Å². The Hall–Kier alpha value is -2.20. The van der Waals surface area contributed by atoms with Crippen molar-refractivity contribution in [2.24, 2.45) is 5.73 Å². The number of fused-ring (bicyclic) bond motifs is 1. The molecule has 0 unspecified atom stereocenters. The largest absolute Gasteiger partial charge is 0.352 e. The van der Waals surface area contributed by atoms with E-state index in [0.717, 1.165) is 33.7 Å². The molecule has 0 bridgehead atoms. The zero-order chi connectivity index (χ0) is 12.5. The molecule has 0 fully saturated rings. The van der Waals surface area contributed by atoms with Gasteiger partial charge in [0.1, 0.15) is 0 Å². The maximum Gasteiger partial charge on any atom is 0.0918 e.